The Balaban J connectivity index is 2.14. The Kier molecular flexibility index (Phi) is 9.43. The average Bonchev–Trinajstić information content (AvgIpc) is 2.91. The predicted molar refractivity (Wildman–Crippen MR) is 143 cm³/mol. The van der Waals surface area contributed by atoms with Gasteiger partial charge in [0, 0.05) is 32.3 Å². The van der Waals surface area contributed by atoms with Gasteiger partial charge >= 0.3 is 5.97 Å². The lowest BCUT2D eigenvalue weighted by atomic mass is 10.2. The van der Waals surface area contributed by atoms with E-state index in [1.807, 2.05) is 0 Å². The van der Waals surface area contributed by atoms with Gasteiger partial charge in [0.1, 0.15) is 23.8 Å². The first-order valence-electron chi connectivity index (χ1n) is 11.9. The molecule has 0 radical (unpaired) electrons. The third-order valence-corrected chi connectivity index (χ3v) is 5.43. The minimum absolute atomic E-state index is 0.0341. The van der Waals surface area contributed by atoms with E-state index >= 15 is 8.78 Å². The fourth-order valence-electron chi connectivity index (χ4n) is 3.53. The van der Waals surface area contributed by atoms with Crippen LogP contribution in [0.1, 0.15) is 22.8 Å². The van der Waals surface area contributed by atoms with E-state index in [4.69, 9.17) is 30.1 Å². The zero-order chi connectivity index (χ0) is 29.6. The number of ether oxygens (including phenoxy) is 4. The summed E-state index contributed by atoms with van der Waals surface area (Å²) in [5, 5.41) is 7.68. The molecule has 1 heterocycles. The fraction of sp³-hybridized carbons (Fsp3) is 0.259. The molecule has 13 heteroatoms. The van der Waals surface area contributed by atoms with E-state index < -0.39 is 41.6 Å². The highest BCUT2D eigenvalue weighted by atomic mass is 19.1. The first kappa shape index (κ1) is 29.6. The number of rotatable bonds is 11. The molecule has 0 aliphatic heterocycles. The topological polar surface area (TPSA) is 140 Å². The number of pyridine rings is 1. The summed E-state index contributed by atoms with van der Waals surface area (Å²) in [6.07, 6.45) is 0. The molecule has 0 fully saturated rings. The Morgan fingerprint density at radius 1 is 0.975 bits per heavy atom. The summed E-state index contributed by atoms with van der Waals surface area (Å²) >= 11 is 0. The van der Waals surface area contributed by atoms with Crippen LogP contribution in [-0.2, 0) is 9.53 Å². The quantitative estimate of drug-likeness (QED) is 0.204. The zero-order valence-electron chi connectivity index (χ0n) is 22.6. The zero-order valence-corrected chi connectivity index (χ0v) is 22.6. The molecule has 0 aliphatic rings. The van der Waals surface area contributed by atoms with Gasteiger partial charge in [-0.1, -0.05) is 6.07 Å². The van der Waals surface area contributed by atoms with E-state index in [2.05, 4.69) is 4.98 Å². The van der Waals surface area contributed by atoms with Gasteiger partial charge in [0.05, 0.1) is 13.7 Å². The van der Waals surface area contributed by atoms with Crippen LogP contribution in [0.2, 0.25) is 0 Å². The molecule has 3 rings (SSSR count). The summed E-state index contributed by atoms with van der Waals surface area (Å²) in [7, 11) is 5.77. The fourth-order valence-corrected chi connectivity index (χ4v) is 3.53. The van der Waals surface area contributed by atoms with Gasteiger partial charge in [-0.25, -0.2) is 0 Å². The highest BCUT2D eigenvalue weighted by molar-refractivity contribution is 5.95. The van der Waals surface area contributed by atoms with Crippen molar-refractivity contribution >= 4 is 23.4 Å². The Bertz CT molecular complexity index is 1430. The van der Waals surface area contributed by atoms with Crippen LogP contribution in [0.15, 0.2) is 42.5 Å². The number of methoxy groups -OCH3 is 1. The lowest BCUT2D eigenvalue weighted by Gasteiger charge is -2.22. The SMILES string of the molecule is CCOC(=O)CN(C)c1c(F)c(Oc2cccc(C(=O)N(C)C)c2)nc(Oc2cc(C(=N)N)ccc2OC)c1F. The van der Waals surface area contributed by atoms with E-state index in [0.29, 0.717) is 0 Å². The second-order valence-electron chi connectivity index (χ2n) is 8.57. The van der Waals surface area contributed by atoms with Crippen LogP contribution in [0.4, 0.5) is 14.5 Å². The maximum Gasteiger partial charge on any atom is 0.325 e. The number of benzene rings is 2. The molecule has 0 saturated carbocycles. The number of nitrogens with one attached hydrogen (secondary N) is 1. The molecule has 2 aromatic carbocycles. The van der Waals surface area contributed by atoms with Crippen molar-refractivity contribution in [3.8, 4) is 29.0 Å². The number of esters is 1. The number of likely N-dealkylation sites (N-methyl/N-ethyl adjacent to an activating group) is 1. The van der Waals surface area contributed by atoms with Crippen molar-refractivity contribution in [1.29, 1.82) is 5.41 Å². The third-order valence-electron chi connectivity index (χ3n) is 5.43. The molecular formula is C27H29F2N5O6. The lowest BCUT2D eigenvalue weighted by molar-refractivity contribution is -0.141. The number of amidine groups is 1. The minimum Gasteiger partial charge on any atom is -0.493 e. The molecule has 1 aromatic heterocycles. The average molecular weight is 558 g/mol. The van der Waals surface area contributed by atoms with Crippen molar-refractivity contribution in [1.82, 2.24) is 9.88 Å². The second-order valence-corrected chi connectivity index (χ2v) is 8.57. The van der Waals surface area contributed by atoms with Crippen LogP contribution in [-0.4, -0.2) is 69.0 Å². The second kappa shape index (κ2) is 12.7. The molecule has 0 bridgehead atoms. The van der Waals surface area contributed by atoms with Crippen LogP contribution in [0.3, 0.4) is 0 Å². The number of nitrogen functional groups attached to an aromatic ring is 1. The number of amides is 1. The molecule has 1 amide bonds. The number of nitrogens with zero attached hydrogens (tertiary/aromatic N) is 3. The molecule has 40 heavy (non-hydrogen) atoms. The van der Waals surface area contributed by atoms with E-state index in [9.17, 15) is 9.59 Å². The van der Waals surface area contributed by atoms with Gasteiger partial charge in [-0.05, 0) is 43.3 Å². The van der Waals surface area contributed by atoms with Gasteiger partial charge in [-0.3, -0.25) is 15.0 Å². The number of anilines is 1. The maximum atomic E-state index is 15.7. The first-order chi connectivity index (χ1) is 19.0. The number of carbonyl (C=O) groups excluding carboxylic acids is 2. The number of nitrogens with two attached hydrogens (primary N) is 1. The molecular weight excluding hydrogens is 528 g/mol. The van der Waals surface area contributed by atoms with Gasteiger partial charge in [0.25, 0.3) is 17.7 Å². The van der Waals surface area contributed by atoms with Crippen molar-refractivity contribution in [2.45, 2.75) is 6.92 Å². The van der Waals surface area contributed by atoms with Crippen LogP contribution >= 0.6 is 0 Å². The number of hydrogen-bond donors (Lipinski definition) is 2. The van der Waals surface area contributed by atoms with Gasteiger partial charge in [-0.2, -0.15) is 13.8 Å². The first-order valence-corrected chi connectivity index (χ1v) is 11.9. The van der Waals surface area contributed by atoms with Gasteiger partial charge in [-0.15, -0.1) is 0 Å². The summed E-state index contributed by atoms with van der Waals surface area (Å²) in [6.45, 7) is 1.17. The normalized spacial score (nSPS) is 10.5. The van der Waals surface area contributed by atoms with Crippen molar-refractivity contribution in [2.75, 3.05) is 46.3 Å². The van der Waals surface area contributed by atoms with Gasteiger partial charge in [0.2, 0.25) is 11.6 Å². The summed E-state index contributed by atoms with van der Waals surface area (Å²) in [5.74, 6) is -5.12. The number of halogens is 2. The van der Waals surface area contributed by atoms with Crippen LogP contribution in [0, 0.1) is 17.0 Å². The monoisotopic (exact) mass is 557 g/mol. The number of hydrogen-bond acceptors (Lipinski definition) is 9. The van der Waals surface area contributed by atoms with E-state index in [-0.39, 0.29) is 46.7 Å². The largest absolute Gasteiger partial charge is 0.493 e. The summed E-state index contributed by atoms with van der Waals surface area (Å²) < 4.78 is 52.9. The number of carbonyl (C=O) groups is 2. The Morgan fingerprint density at radius 2 is 1.65 bits per heavy atom. The smallest absolute Gasteiger partial charge is 0.325 e. The molecule has 0 spiro atoms. The van der Waals surface area contributed by atoms with Crippen LogP contribution < -0.4 is 24.8 Å². The van der Waals surface area contributed by atoms with E-state index in [0.717, 1.165) is 4.90 Å². The Morgan fingerprint density at radius 3 is 2.25 bits per heavy atom. The highest BCUT2D eigenvalue weighted by Gasteiger charge is 2.28. The lowest BCUT2D eigenvalue weighted by Crippen LogP contribution is -2.29. The van der Waals surface area contributed by atoms with Gasteiger partial charge in [0.15, 0.2) is 11.5 Å². The highest BCUT2D eigenvalue weighted by Crippen LogP contribution is 2.40. The van der Waals surface area contributed by atoms with E-state index in [1.54, 1.807) is 27.1 Å². The summed E-state index contributed by atoms with van der Waals surface area (Å²) in [4.78, 5) is 30.7. The van der Waals surface area contributed by atoms with Gasteiger partial charge < -0.3 is 34.5 Å². The summed E-state index contributed by atoms with van der Waals surface area (Å²) in [5.41, 5.74) is 5.38. The van der Waals surface area contributed by atoms with Crippen LogP contribution in [0.5, 0.6) is 29.0 Å². The van der Waals surface area contributed by atoms with Crippen molar-refractivity contribution in [3.05, 3.63) is 65.2 Å². The molecule has 212 valence electrons. The van der Waals surface area contributed by atoms with Crippen LogP contribution in [0.25, 0.3) is 0 Å². The Labute approximate surface area is 229 Å². The molecule has 3 aromatic rings. The van der Waals surface area contributed by atoms with Crippen molar-refractivity contribution < 1.29 is 37.3 Å². The van der Waals surface area contributed by atoms with Crippen molar-refractivity contribution in [3.63, 3.8) is 0 Å². The molecule has 0 saturated heterocycles. The Hall–Kier alpha value is -4.94. The van der Waals surface area contributed by atoms with E-state index in [1.165, 1.54) is 55.5 Å². The maximum absolute atomic E-state index is 15.7. The molecule has 0 aliphatic carbocycles. The number of aromatic nitrogens is 1. The molecule has 0 unspecified atom stereocenters. The predicted octanol–water partition coefficient (Wildman–Crippen LogP) is 3.94. The molecule has 0 atom stereocenters. The third kappa shape index (κ3) is 6.73. The summed E-state index contributed by atoms with van der Waals surface area (Å²) in [6, 6.07) is 10.2. The van der Waals surface area contributed by atoms with Crippen molar-refractivity contribution in [2.24, 2.45) is 5.73 Å². The molecule has 3 N–H and O–H groups in total. The minimum atomic E-state index is -1.25. The molecule has 11 nitrogen and oxygen atoms in total. The standard InChI is InChI=1S/C27H29F2N5O6/c1-6-38-20(35)14-34(4)23-21(28)25(39-17-9-7-8-16(12-17)27(36)33(2)3)32-26(22(23)29)40-19-13-15(24(30)31)10-11-18(19)37-5/h7-13H,6,14H2,1-5H3,(H3,30,31).